The van der Waals surface area contributed by atoms with Gasteiger partial charge >= 0.3 is 5.97 Å². The van der Waals surface area contributed by atoms with Crippen molar-refractivity contribution in [2.24, 2.45) is 5.92 Å². The summed E-state index contributed by atoms with van der Waals surface area (Å²) in [4.78, 5) is 22.9. The Hall–Kier alpha value is -1.91. The number of carboxylic acids is 1. The van der Waals surface area contributed by atoms with Gasteiger partial charge in [0.15, 0.2) is 5.65 Å². The van der Waals surface area contributed by atoms with Crippen LogP contribution in [0, 0.1) is 5.92 Å². The van der Waals surface area contributed by atoms with E-state index in [0.29, 0.717) is 23.0 Å². The third kappa shape index (κ3) is 1.66. The highest BCUT2D eigenvalue weighted by Crippen LogP contribution is 2.38. The number of hydrogen-bond acceptors (Lipinski definition) is 3. The highest BCUT2D eigenvalue weighted by Gasteiger charge is 2.28. The van der Waals surface area contributed by atoms with Gasteiger partial charge in [-0.05, 0) is 24.8 Å². The summed E-state index contributed by atoms with van der Waals surface area (Å²) < 4.78 is 0. The number of aromatic carboxylic acids is 1. The number of aromatic nitrogens is 3. The van der Waals surface area contributed by atoms with Crippen molar-refractivity contribution in [3.05, 3.63) is 23.7 Å². The van der Waals surface area contributed by atoms with Gasteiger partial charge in [-0.2, -0.15) is 0 Å². The Morgan fingerprint density at radius 1 is 1.50 bits per heavy atom. The van der Waals surface area contributed by atoms with Gasteiger partial charge in [0.1, 0.15) is 5.82 Å². The maximum atomic E-state index is 11.1. The Kier molecular flexibility index (Phi) is 2.54. The van der Waals surface area contributed by atoms with Crippen molar-refractivity contribution in [2.45, 2.75) is 32.1 Å². The smallest absolute Gasteiger partial charge is 0.338 e. The number of carboxylic acid groups (broad SMARTS) is 1. The number of carbonyl (C=O) groups is 1. The first kappa shape index (κ1) is 11.2. The SMILES string of the molecule is CC1CCCC1c1nc2nccc(C(=O)O)c2[nH]1. The molecule has 0 spiro atoms. The molecule has 18 heavy (non-hydrogen) atoms. The molecule has 2 unspecified atom stereocenters. The number of H-pyrrole nitrogens is 1. The molecule has 2 aromatic heterocycles. The second-order valence-electron chi connectivity index (χ2n) is 5.00. The van der Waals surface area contributed by atoms with E-state index in [1.165, 1.54) is 25.1 Å². The van der Waals surface area contributed by atoms with Gasteiger partial charge in [-0.15, -0.1) is 0 Å². The molecule has 2 heterocycles. The highest BCUT2D eigenvalue weighted by molar-refractivity contribution is 5.99. The molecular weight excluding hydrogens is 230 g/mol. The van der Waals surface area contributed by atoms with Crippen LogP contribution in [-0.4, -0.2) is 26.0 Å². The molecule has 0 bridgehead atoms. The standard InChI is InChI=1S/C13H15N3O2/c1-7-3-2-4-8(7)11-15-10-9(13(17)18)5-6-14-12(10)16-11/h5-8H,2-4H2,1H3,(H,17,18)(H,14,15,16). The Labute approximate surface area is 104 Å². The molecule has 1 aliphatic rings. The zero-order chi connectivity index (χ0) is 12.7. The van der Waals surface area contributed by atoms with E-state index in [1.807, 2.05) is 0 Å². The molecule has 2 N–H and O–H groups in total. The Balaban J connectivity index is 2.11. The van der Waals surface area contributed by atoms with Gasteiger partial charge in [-0.25, -0.2) is 14.8 Å². The van der Waals surface area contributed by atoms with E-state index >= 15 is 0 Å². The second-order valence-corrected chi connectivity index (χ2v) is 5.00. The average molecular weight is 245 g/mol. The minimum absolute atomic E-state index is 0.240. The Morgan fingerprint density at radius 2 is 2.33 bits per heavy atom. The van der Waals surface area contributed by atoms with E-state index < -0.39 is 5.97 Å². The zero-order valence-electron chi connectivity index (χ0n) is 10.2. The van der Waals surface area contributed by atoms with E-state index in [4.69, 9.17) is 5.11 Å². The Bertz CT molecular complexity index is 605. The molecule has 0 aliphatic heterocycles. The lowest BCUT2D eigenvalue weighted by atomic mass is 9.98. The molecule has 2 atom stereocenters. The molecule has 5 heteroatoms. The highest BCUT2D eigenvalue weighted by atomic mass is 16.4. The molecule has 1 fully saturated rings. The third-order valence-corrected chi connectivity index (χ3v) is 3.85. The van der Waals surface area contributed by atoms with Crippen LogP contribution in [0.2, 0.25) is 0 Å². The molecule has 94 valence electrons. The number of pyridine rings is 1. The first-order valence-corrected chi connectivity index (χ1v) is 6.24. The number of nitrogens with zero attached hydrogens (tertiary/aromatic N) is 2. The predicted octanol–water partition coefficient (Wildman–Crippen LogP) is 2.56. The van der Waals surface area contributed by atoms with E-state index in [0.717, 1.165) is 12.2 Å². The number of aromatic amines is 1. The average Bonchev–Trinajstić information content (AvgIpc) is 2.92. The quantitative estimate of drug-likeness (QED) is 0.852. The summed E-state index contributed by atoms with van der Waals surface area (Å²) in [7, 11) is 0. The van der Waals surface area contributed by atoms with Crippen LogP contribution in [0.4, 0.5) is 0 Å². The molecule has 0 aromatic carbocycles. The largest absolute Gasteiger partial charge is 0.478 e. The van der Waals surface area contributed by atoms with Crippen LogP contribution < -0.4 is 0 Å². The van der Waals surface area contributed by atoms with E-state index in [1.54, 1.807) is 0 Å². The van der Waals surface area contributed by atoms with Crippen molar-refractivity contribution >= 4 is 17.1 Å². The first-order valence-electron chi connectivity index (χ1n) is 6.24. The minimum Gasteiger partial charge on any atom is -0.478 e. The maximum Gasteiger partial charge on any atom is 0.338 e. The van der Waals surface area contributed by atoms with Gasteiger partial charge in [0.2, 0.25) is 0 Å². The lowest BCUT2D eigenvalue weighted by Crippen LogP contribution is -2.04. The van der Waals surface area contributed by atoms with Crippen LogP contribution in [0.15, 0.2) is 12.3 Å². The van der Waals surface area contributed by atoms with Crippen LogP contribution in [0.3, 0.4) is 0 Å². The lowest BCUT2D eigenvalue weighted by Gasteiger charge is -2.11. The van der Waals surface area contributed by atoms with Crippen molar-refractivity contribution in [1.82, 2.24) is 15.0 Å². The number of fused-ring (bicyclic) bond motifs is 1. The molecule has 2 aromatic rings. The van der Waals surface area contributed by atoms with Crippen molar-refractivity contribution in [3.63, 3.8) is 0 Å². The zero-order valence-corrected chi connectivity index (χ0v) is 10.2. The van der Waals surface area contributed by atoms with E-state index in [9.17, 15) is 4.79 Å². The Morgan fingerprint density at radius 3 is 3.00 bits per heavy atom. The summed E-state index contributed by atoms with van der Waals surface area (Å²) >= 11 is 0. The summed E-state index contributed by atoms with van der Waals surface area (Å²) in [5, 5.41) is 9.13. The summed E-state index contributed by atoms with van der Waals surface area (Å²) in [6.45, 7) is 2.22. The topological polar surface area (TPSA) is 78.9 Å². The summed E-state index contributed by atoms with van der Waals surface area (Å²) in [6.07, 6.45) is 5.03. The van der Waals surface area contributed by atoms with Crippen LogP contribution in [0.25, 0.3) is 11.2 Å². The van der Waals surface area contributed by atoms with E-state index in [-0.39, 0.29) is 5.56 Å². The van der Waals surface area contributed by atoms with Crippen molar-refractivity contribution in [2.75, 3.05) is 0 Å². The van der Waals surface area contributed by atoms with Gasteiger partial charge in [-0.1, -0.05) is 13.3 Å². The predicted molar refractivity (Wildman–Crippen MR) is 66.6 cm³/mol. The molecule has 0 radical (unpaired) electrons. The molecular formula is C13H15N3O2. The molecule has 3 rings (SSSR count). The monoisotopic (exact) mass is 245 g/mol. The number of rotatable bonds is 2. The second kappa shape index (κ2) is 4.08. The number of hydrogen-bond donors (Lipinski definition) is 2. The van der Waals surface area contributed by atoms with Crippen molar-refractivity contribution in [3.8, 4) is 0 Å². The minimum atomic E-state index is -0.947. The van der Waals surface area contributed by atoms with Crippen LogP contribution in [0.1, 0.15) is 48.3 Å². The fraction of sp³-hybridized carbons (Fsp3) is 0.462. The van der Waals surface area contributed by atoms with Gasteiger partial charge < -0.3 is 10.1 Å². The lowest BCUT2D eigenvalue weighted by molar-refractivity contribution is 0.0698. The molecule has 5 nitrogen and oxygen atoms in total. The van der Waals surface area contributed by atoms with Gasteiger partial charge in [0.05, 0.1) is 11.1 Å². The van der Waals surface area contributed by atoms with Crippen LogP contribution >= 0.6 is 0 Å². The summed E-state index contributed by atoms with van der Waals surface area (Å²) in [5.74, 6) is 0.938. The fourth-order valence-electron chi connectivity index (χ4n) is 2.83. The first-order chi connectivity index (χ1) is 8.66. The molecule has 0 amide bonds. The molecule has 0 saturated heterocycles. The van der Waals surface area contributed by atoms with E-state index in [2.05, 4.69) is 21.9 Å². The fourth-order valence-corrected chi connectivity index (χ4v) is 2.83. The normalized spacial score (nSPS) is 23.6. The third-order valence-electron chi connectivity index (χ3n) is 3.85. The van der Waals surface area contributed by atoms with Crippen LogP contribution in [0.5, 0.6) is 0 Å². The number of nitrogens with one attached hydrogen (secondary N) is 1. The van der Waals surface area contributed by atoms with Crippen LogP contribution in [-0.2, 0) is 0 Å². The molecule has 1 saturated carbocycles. The maximum absolute atomic E-state index is 11.1. The summed E-state index contributed by atoms with van der Waals surface area (Å²) in [5.41, 5.74) is 1.28. The van der Waals surface area contributed by atoms with Gasteiger partial charge in [-0.3, -0.25) is 0 Å². The summed E-state index contributed by atoms with van der Waals surface area (Å²) in [6, 6.07) is 1.50. The van der Waals surface area contributed by atoms with Crippen molar-refractivity contribution in [1.29, 1.82) is 0 Å². The van der Waals surface area contributed by atoms with Gasteiger partial charge in [0.25, 0.3) is 0 Å². The number of imidazole rings is 1. The molecule has 1 aliphatic carbocycles. The van der Waals surface area contributed by atoms with Crippen molar-refractivity contribution < 1.29 is 9.90 Å². The van der Waals surface area contributed by atoms with Gasteiger partial charge in [0, 0.05) is 12.1 Å².